The molecule has 4 aromatic rings. The monoisotopic (exact) mass is 269 g/mol. The smallest absolute Gasteiger partial charge is 0.0355 e. The van der Waals surface area contributed by atoms with Crippen LogP contribution >= 0.6 is 0 Å². The van der Waals surface area contributed by atoms with Gasteiger partial charge in [0.2, 0.25) is 0 Å². The topological polar surface area (TPSA) is 23.9 Å². The Labute approximate surface area is 123 Å². The van der Waals surface area contributed by atoms with Gasteiger partial charge in [-0.05, 0) is 50.9 Å². The molecule has 0 atom stereocenters. The molecule has 0 fully saturated rings. The molecule has 100 valence electrons. The number of hydrogen-bond acceptors (Lipinski definition) is 1. The SMILES string of the molecule is CC(=N)c1ccc2c3ccccc3c3ccccc3c2c1. The summed E-state index contributed by atoms with van der Waals surface area (Å²) in [5.74, 6) is 0. The third-order valence-corrected chi connectivity index (χ3v) is 4.18. The molecule has 0 amide bonds. The molecule has 0 aromatic heterocycles. The maximum Gasteiger partial charge on any atom is 0.0355 e. The van der Waals surface area contributed by atoms with E-state index in [0.717, 1.165) is 5.56 Å². The fraction of sp³-hybridized carbons (Fsp3) is 0.0500. The summed E-state index contributed by atoms with van der Waals surface area (Å²) in [7, 11) is 0. The average Bonchev–Trinajstić information content (AvgIpc) is 2.54. The Hall–Kier alpha value is -2.67. The largest absolute Gasteiger partial charge is 0.305 e. The molecule has 1 N–H and O–H groups in total. The van der Waals surface area contributed by atoms with Crippen LogP contribution < -0.4 is 0 Å². The lowest BCUT2D eigenvalue weighted by Gasteiger charge is -2.11. The molecule has 0 aliphatic heterocycles. The Balaban J connectivity index is 2.33. The van der Waals surface area contributed by atoms with Crippen molar-refractivity contribution in [3.63, 3.8) is 0 Å². The normalized spacial score (nSPS) is 11.3. The highest BCUT2D eigenvalue weighted by molar-refractivity contribution is 6.25. The van der Waals surface area contributed by atoms with Crippen molar-refractivity contribution in [2.75, 3.05) is 0 Å². The van der Waals surface area contributed by atoms with Gasteiger partial charge in [0.05, 0.1) is 0 Å². The summed E-state index contributed by atoms with van der Waals surface area (Å²) in [6, 6.07) is 23.4. The van der Waals surface area contributed by atoms with Crippen LogP contribution in [-0.2, 0) is 0 Å². The van der Waals surface area contributed by atoms with Gasteiger partial charge in [-0.3, -0.25) is 0 Å². The molecule has 0 saturated heterocycles. The van der Waals surface area contributed by atoms with Gasteiger partial charge in [-0.15, -0.1) is 0 Å². The number of rotatable bonds is 1. The summed E-state index contributed by atoms with van der Waals surface area (Å²) in [4.78, 5) is 0. The van der Waals surface area contributed by atoms with E-state index in [1.54, 1.807) is 0 Å². The van der Waals surface area contributed by atoms with Gasteiger partial charge in [0.1, 0.15) is 0 Å². The van der Waals surface area contributed by atoms with E-state index < -0.39 is 0 Å². The molecule has 0 aliphatic carbocycles. The zero-order valence-electron chi connectivity index (χ0n) is 11.9. The molecule has 1 heteroatoms. The summed E-state index contributed by atoms with van der Waals surface area (Å²) >= 11 is 0. The van der Waals surface area contributed by atoms with Crippen LogP contribution in [-0.4, -0.2) is 5.71 Å². The highest BCUT2D eigenvalue weighted by Gasteiger charge is 2.08. The van der Waals surface area contributed by atoms with E-state index in [-0.39, 0.29) is 0 Å². The van der Waals surface area contributed by atoms with Crippen molar-refractivity contribution < 1.29 is 0 Å². The predicted molar refractivity (Wildman–Crippen MR) is 91.5 cm³/mol. The molecule has 21 heavy (non-hydrogen) atoms. The fourth-order valence-electron chi connectivity index (χ4n) is 3.14. The second-order valence-corrected chi connectivity index (χ2v) is 5.48. The number of hydrogen-bond donors (Lipinski definition) is 1. The van der Waals surface area contributed by atoms with E-state index >= 15 is 0 Å². The Morgan fingerprint density at radius 3 is 1.52 bits per heavy atom. The lowest BCUT2D eigenvalue weighted by Crippen LogP contribution is -1.92. The summed E-state index contributed by atoms with van der Waals surface area (Å²) < 4.78 is 0. The molecule has 0 radical (unpaired) electrons. The van der Waals surface area contributed by atoms with E-state index in [0.29, 0.717) is 5.71 Å². The molecule has 1 nitrogen and oxygen atoms in total. The minimum absolute atomic E-state index is 0.606. The number of fused-ring (bicyclic) bond motifs is 6. The molecule has 4 rings (SSSR count). The van der Waals surface area contributed by atoms with Crippen LogP contribution in [0.4, 0.5) is 0 Å². The van der Waals surface area contributed by atoms with Crippen LogP contribution in [0.2, 0.25) is 0 Å². The van der Waals surface area contributed by atoms with E-state index in [2.05, 4.69) is 60.7 Å². The highest BCUT2D eigenvalue weighted by Crippen LogP contribution is 2.35. The van der Waals surface area contributed by atoms with Gasteiger partial charge in [-0.2, -0.15) is 0 Å². The Bertz CT molecular complexity index is 977. The van der Waals surface area contributed by atoms with E-state index in [9.17, 15) is 0 Å². The molecule has 0 saturated carbocycles. The van der Waals surface area contributed by atoms with Crippen molar-refractivity contribution in [2.24, 2.45) is 0 Å². The first-order valence-electron chi connectivity index (χ1n) is 7.14. The second-order valence-electron chi connectivity index (χ2n) is 5.48. The second kappa shape index (κ2) is 4.42. The van der Waals surface area contributed by atoms with Gasteiger partial charge in [0.25, 0.3) is 0 Å². The number of benzene rings is 4. The maximum absolute atomic E-state index is 7.88. The van der Waals surface area contributed by atoms with E-state index in [4.69, 9.17) is 5.41 Å². The molecule has 0 heterocycles. The fourth-order valence-corrected chi connectivity index (χ4v) is 3.14. The standard InChI is InChI=1S/C20H15N/c1-13(21)14-10-11-19-17-8-3-2-6-15(17)16-7-4-5-9-18(16)20(19)12-14/h2-12,21H,1H3. The molecule has 4 aromatic carbocycles. The van der Waals surface area contributed by atoms with Crippen molar-refractivity contribution in [1.82, 2.24) is 0 Å². The summed E-state index contributed by atoms with van der Waals surface area (Å²) in [5, 5.41) is 15.5. The highest BCUT2D eigenvalue weighted by atomic mass is 14.4. The minimum atomic E-state index is 0.606. The summed E-state index contributed by atoms with van der Waals surface area (Å²) in [5.41, 5.74) is 1.59. The van der Waals surface area contributed by atoms with Crippen LogP contribution in [0.5, 0.6) is 0 Å². The van der Waals surface area contributed by atoms with Crippen molar-refractivity contribution in [3.8, 4) is 0 Å². The van der Waals surface area contributed by atoms with Crippen LogP contribution in [0, 0.1) is 5.41 Å². The van der Waals surface area contributed by atoms with Crippen LogP contribution in [0.3, 0.4) is 0 Å². The van der Waals surface area contributed by atoms with Gasteiger partial charge in [-0.25, -0.2) is 0 Å². The molecule has 0 unspecified atom stereocenters. The van der Waals surface area contributed by atoms with E-state index in [1.807, 2.05) is 13.0 Å². The van der Waals surface area contributed by atoms with E-state index in [1.165, 1.54) is 32.3 Å². The third-order valence-electron chi connectivity index (χ3n) is 4.18. The first-order chi connectivity index (χ1) is 10.3. The molecular formula is C20H15N. The lowest BCUT2D eigenvalue weighted by molar-refractivity contribution is 1.46. The summed E-state index contributed by atoms with van der Waals surface area (Å²) in [6.45, 7) is 1.84. The van der Waals surface area contributed by atoms with Gasteiger partial charge in [0, 0.05) is 5.71 Å². The molecular weight excluding hydrogens is 254 g/mol. The van der Waals surface area contributed by atoms with Crippen LogP contribution in [0.1, 0.15) is 12.5 Å². The Morgan fingerprint density at radius 1 is 0.619 bits per heavy atom. The first-order valence-corrected chi connectivity index (χ1v) is 7.14. The van der Waals surface area contributed by atoms with Gasteiger partial charge >= 0.3 is 0 Å². The van der Waals surface area contributed by atoms with Crippen molar-refractivity contribution in [1.29, 1.82) is 5.41 Å². The Kier molecular flexibility index (Phi) is 2.55. The molecule has 0 spiro atoms. The summed E-state index contributed by atoms with van der Waals surface area (Å²) in [6.07, 6.45) is 0. The number of nitrogens with one attached hydrogen (secondary N) is 1. The molecule has 0 aliphatic rings. The average molecular weight is 269 g/mol. The minimum Gasteiger partial charge on any atom is -0.305 e. The first kappa shape index (κ1) is 12.1. The van der Waals surface area contributed by atoms with Crippen molar-refractivity contribution >= 4 is 38.0 Å². The predicted octanol–water partition coefficient (Wildman–Crippen LogP) is 5.53. The van der Waals surface area contributed by atoms with Crippen molar-refractivity contribution in [2.45, 2.75) is 6.92 Å². The zero-order valence-corrected chi connectivity index (χ0v) is 11.9. The zero-order chi connectivity index (χ0) is 14.4. The Morgan fingerprint density at radius 2 is 1.05 bits per heavy atom. The quantitative estimate of drug-likeness (QED) is 0.347. The van der Waals surface area contributed by atoms with Crippen LogP contribution in [0.15, 0.2) is 66.7 Å². The van der Waals surface area contributed by atoms with Gasteiger partial charge in [-0.1, -0.05) is 60.7 Å². The third kappa shape index (κ3) is 1.74. The maximum atomic E-state index is 7.88. The molecule has 0 bridgehead atoms. The lowest BCUT2D eigenvalue weighted by atomic mass is 9.93. The van der Waals surface area contributed by atoms with Gasteiger partial charge in [0.15, 0.2) is 0 Å². The van der Waals surface area contributed by atoms with Gasteiger partial charge < -0.3 is 5.41 Å². The van der Waals surface area contributed by atoms with Crippen molar-refractivity contribution in [3.05, 3.63) is 72.3 Å². The van der Waals surface area contributed by atoms with Crippen LogP contribution in [0.25, 0.3) is 32.3 Å².